The number of nitrogens with one attached hydrogen (secondary N) is 1. The normalized spacial score (nSPS) is 18.3. The molecular weight excluding hydrogens is 220 g/mol. The van der Waals surface area contributed by atoms with E-state index in [2.05, 4.69) is 5.32 Å². The maximum Gasteiger partial charge on any atom is 0.317 e. The van der Waals surface area contributed by atoms with Crippen molar-refractivity contribution >= 4 is 11.9 Å². The molecule has 1 saturated heterocycles. The molecule has 5 heteroatoms. The Hall–Kier alpha value is -1.10. The van der Waals surface area contributed by atoms with Crippen molar-refractivity contribution in [2.75, 3.05) is 19.6 Å². The van der Waals surface area contributed by atoms with Crippen LogP contribution in [0, 0.1) is 5.92 Å². The van der Waals surface area contributed by atoms with Crippen LogP contribution in [-0.2, 0) is 9.59 Å². The van der Waals surface area contributed by atoms with Gasteiger partial charge in [0.15, 0.2) is 0 Å². The van der Waals surface area contributed by atoms with Crippen LogP contribution in [0.1, 0.15) is 33.1 Å². The molecule has 0 unspecified atom stereocenters. The summed E-state index contributed by atoms with van der Waals surface area (Å²) in [6.45, 7) is 5.65. The zero-order chi connectivity index (χ0) is 12.8. The Labute approximate surface area is 102 Å². The molecule has 1 aliphatic rings. The van der Waals surface area contributed by atoms with E-state index in [1.807, 2.05) is 18.7 Å². The second kappa shape index (κ2) is 6.59. The number of rotatable bonds is 5. The van der Waals surface area contributed by atoms with Crippen LogP contribution >= 0.6 is 0 Å². The largest absolute Gasteiger partial charge is 0.480 e. The molecule has 98 valence electrons. The van der Waals surface area contributed by atoms with E-state index in [9.17, 15) is 9.59 Å². The maximum absolute atomic E-state index is 11.6. The van der Waals surface area contributed by atoms with E-state index >= 15 is 0 Å². The average molecular weight is 242 g/mol. The number of carboxylic acids is 1. The highest BCUT2D eigenvalue weighted by molar-refractivity contribution is 5.76. The lowest BCUT2D eigenvalue weighted by molar-refractivity contribution is -0.138. The Morgan fingerprint density at radius 1 is 1.35 bits per heavy atom. The third kappa shape index (κ3) is 5.68. The van der Waals surface area contributed by atoms with Gasteiger partial charge < -0.3 is 10.4 Å². The Morgan fingerprint density at radius 3 is 2.41 bits per heavy atom. The Balaban J connectivity index is 2.23. The summed E-state index contributed by atoms with van der Waals surface area (Å²) in [4.78, 5) is 24.0. The van der Waals surface area contributed by atoms with Gasteiger partial charge in [0.2, 0.25) is 5.91 Å². The molecule has 0 aromatic rings. The number of hydrogen-bond donors (Lipinski definition) is 2. The molecule has 1 aliphatic heterocycles. The number of likely N-dealkylation sites (tertiary alicyclic amines) is 1. The fraction of sp³-hybridized carbons (Fsp3) is 0.833. The third-order valence-electron chi connectivity index (χ3n) is 2.91. The minimum Gasteiger partial charge on any atom is -0.480 e. The van der Waals surface area contributed by atoms with Crippen LogP contribution in [0.4, 0.5) is 0 Å². The highest BCUT2D eigenvalue weighted by Gasteiger charge is 2.21. The van der Waals surface area contributed by atoms with E-state index in [1.54, 1.807) is 0 Å². The molecule has 1 fully saturated rings. The minimum absolute atomic E-state index is 0.104. The molecule has 17 heavy (non-hydrogen) atoms. The molecule has 0 spiro atoms. The van der Waals surface area contributed by atoms with Gasteiger partial charge in [-0.1, -0.05) is 13.8 Å². The molecule has 0 aliphatic carbocycles. The second-order valence-corrected chi connectivity index (χ2v) is 5.11. The van der Waals surface area contributed by atoms with Crippen molar-refractivity contribution in [1.29, 1.82) is 0 Å². The number of carboxylic acid groups (broad SMARTS) is 1. The molecule has 1 heterocycles. The first-order chi connectivity index (χ1) is 7.97. The fourth-order valence-corrected chi connectivity index (χ4v) is 2.08. The summed E-state index contributed by atoms with van der Waals surface area (Å²) in [5.41, 5.74) is 0. The van der Waals surface area contributed by atoms with E-state index in [-0.39, 0.29) is 18.5 Å². The Bertz CT molecular complexity index is 271. The first kappa shape index (κ1) is 14.0. The quantitative estimate of drug-likeness (QED) is 0.744. The monoisotopic (exact) mass is 242 g/mol. The van der Waals surface area contributed by atoms with Gasteiger partial charge in [0.25, 0.3) is 0 Å². The van der Waals surface area contributed by atoms with Gasteiger partial charge in [0.05, 0.1) is 6.54 Å². The van der Waals surface area contributed by atoms with Gasteiger partial charge in [-0.25, -0.2) is 0 Å². The first-order valence-corrected chi connectivity index (χ1v) is 6.21. The van der Waals surface area contributed by atoms with E-state index in [0.717, 1.165) is 25.9 Å². The highest BCUT2D eigenvalue weighted by Crippen LogP contribution is 2.10. The summed E-state index contributed by atoms with van der Waals surface area (Å²) in [5, 5.41) is 11.7. The van der Waals surface area contributed by atoms with Gasteiger partial charge in [-0.05, 0) is 18.8 Å². The van der Waals surface area contributed by atoms with Crippen LogP contribution in [0.5, 0.6) is 0 Å². The maximum atomic E-state index is 11.6. The fourth-order valence-electron chi connectivity index (χ4n) is 2.08. The Morgan fingerprint density at radius 2 is 1.94 bits per heavy atom. The number of amides is 1. The van der Waals surface area contributed by atoms with Gasteiger partial charge in [-0.2, -0.15) is 0 Å². The number of nitrogens with zero attached hydrogens (tertiary/aromatic N) is 1. The zero-order valence-corrected chi connectivity index (χ0v) is 10.6. The molecule has 0 aromatic heterocycles. The number of carbonyl (C=O) groups is 2. The van der Waals surface area contributed by atoms with Crippen LogP contribution in [-0.4, -0.2) is 47.6 Å². The number of carbonyl (C=O) groups excluding carboxylic acids is 1. The van der Waals surface area contributed by atoms with Gasteiger partial charge in [0.1, 0.15) is 0 Å². The van der Waals surface area contributed by atoms with Crippen LogP contribution in [0.2, 0.25) is 0 Å². The van der Waals surface area contributed by atoms with E-state index in [1.165, 1.54) is 0 Å². The summed E-state index contributed by atoms with van der Waals surface area (Å²) in [6.07, 6.45) is 2.25. The lowest BCUT2D eigenvalue weighted by Crippen LogP contribution is -2.46. The predicted octanol–water partition coefficient (Wildman–Crippen LogP) is 0.698. The Kier molecular flexibility index (Phi) is 5.41. The molecule has 1 amide bonds. The van der Waals surface area contributed by atoms with Crippen molar-refractivity contribution < 1.29 is 14.7 Å². The summed E-state index contributed by atoms with van der Waals surface area (Å²) in [6, 6.07) is 0.214. The van der Waals surface area contributed by atoms with Crippen molar-refractivity contribution in [3.05, 3.63) is 0 Å². The average Bonchev–Trinajstić information content (AvgIpc) is 2.18. The van der Waals surface area contributed by atoms with Crippen LogP contribution < -0.4 is 5.32 Å². The van der Waals surface area contributed by atoms with Crippen LogP contribution in [0.3, 0.4) is 0 Å². The topological polar surface area (TPSA) is 69.6 Å². The summed E-state index contributed by atoms with van der Waals surface area (Å²) >= 11 is 0. The molecule has 0 bridgehead atoms. The number of aliphatic carboxylic acids is 1. The van der Waals surface area contributed by atoms with E-state index < -0.39 is 5.97 Å². The van der Waals surface area contributed by atoms with Crippen molar-refractivity contribution in [2.45, 2.75) is 39.2 Å². The zero-order valence-electron chi connectivity index (χ0n) is 10.6. The molecule has 0 atom stereocenters. The number of piperidine rings is 1. The third-order valence-corrected chi connectivity index (χ3v) is 2.91. The van der Waals surface area contributed by atoms with E-state index in [0.29, 0.717) is 12.3 Å². The van der Waals surface area contributed by atoms with Crippen molar-refractivity contribution in [3.63, 3.8) is 0 Å². The van der Waals surface area contributed by atoms with Crippen molar-refractivity contribution in [1.82, 2.24) is 10.2 Å². The van der Waals surface area contributed by atoms with Crippen molar-refractivity contribution in [2.24, 2.45) is 5.92 Å². The SMILES string of the molecule is CC(C)CC(=O)NC1CCN(CC(=O)O)CC1. The molecule has 0 saturated carbocycles. The molecule has 0 radical (unpaired) electrons. The summed E-state index contributed by atoms with van der Waals surface area (Å²) in [7, 11) is 0. The van der Waals surface area contributed by atoms with Gasteiger partial charge in [0, 0.05) is 25.6 Å². The molecule has 5 nitrogen and oxygen atoms in total. The molecule has 1 rings (SSSR count). The van der Waals surface area contributed by atoms with Gasteiger partial charge >= 0.3 is 5.97 Å². The van der Waals surface area contributed by atoms with Crippen LogP contribution in [0.15, 0.2) is 0 Å². The first-order valence-electron chi connectivity index (χ1n) is 6.21. The highest BCUT2D eigenvalue weighted by atomic mass is 16.4. The van der Waals surface area contributed by atoms with Gasteiger partial charge in [-0.3, -0.25) is 14.5 Å². The lowest BCUT2D eigenvalue weighted by Gasteiger charge is -2.31. The van der Waals surface area contributed by atoms with Gasteiger partial charge in [-0.15, -0.1) is 0 Å². The van der Waals surface area contributed by atoms with Crippen molar-refractivity contribution in [3.8, 4) is 0 Å². The standard InChI is InChI=1S/C12H22N2O3/c1-9(2)7-11(15)13-10-3-5-14(6-4-10)8-12(16)17/h9-10H,3-8H2,1-2H3,(H,13,15)(H,16,17). The minimum atomic E-state index is -0.785. The lowest BCUT2D eigenvalue weighted by atomic mass is 10.0. The smallest absolute Gasteiger partial charge is 0.317 e. The molecular formula is C12H22N2O3. The number of hydrogen-bond acceptors (Lipinski definition) is 3. The second-order valence-electron chi connectivity index (χ2n) is 5.11. The predicted molar refractivity (Wildman–Crippen MR) is 64.7 cm³/mol. The molecule has 2 N–H and O–H groups in total. The summed E-state index contributed by atoms with van der Waals surface area (Å²) in [5.74, 6) is -0.300. The summed E-state index contributed by atoms with van der Waals surface area (Å²) < 4.78 is 0. The molecule has 0 aromatic carbocycles. The van der Waals surface area contributed by atoms with Crippen LogP contribution in [0.25, 0.3) is 0 Å². The van der Waals surface area contributed by atoms with E-state index in [4.69, 9.17) is 5.11 Å².